The highest BCUT2D eigenvalue weighted by Gasteiger charge is 2.73. The topological polar surface area (TPSA) is 80.3 Å². The third-order valence-electron chi connectivity index (χ3n) is 5.81. The first-order valence-electron chi connectivity index (χ1n) is 9.53. The number of ether oxygens (including phenoxy) is 1. The van der Waals surface area contributed by atoms with E-state index in [9.17, 15) is 14.4 Å². The number of likely N-dealkylation sites (tertiary alicyclic amines) is 1. The van der Waals surface area contributed by atoms with E-state index in [1.165, 1.54) is 16.2 Å². The maximum absolute atomic E-state index is 13.3. The molecular formula is C21H23N2O4S+. The molecule has 0 unspecified atom stereocenters. The fraction of sp³-hybridized carbons (Fsp3) is 0.381. The SMILES string of the molecule is CCOC(=O)[C@]1(c2ccccc2)[NH2+][C@H](c2cccs2)[C@H]2C(=O)N(CC)C(=O)[C@H]21. The smallest absolute Gasteiger partial charge is 0.373 e. The molecule has 4 atom stereocenters. The van der Waals surface area contributed by atoms with Crippen molar-refractivity contribution < 1.29 is 24.4 Å². The van der Waals surface area contributed by atoms with Crippen LogP contribution in [0, 0.1) is 11.8 Å². The molecule has 2 fully saturated rings. The number of imide groups is 1. The molecule has 1 aromatic carbocycles. The van der Waals surface area contributed by atoms with Crippen LogP contribution in [-0.4, -0.2) is 35.8 Å². The van der Waals surface area contributed by atoms with Crippen LogP contribution >= 0.6 is 11.3 Å². The second kappa shape index (κ2) is 7.14. The number of carbonyl (C=O) groups is 3. The molecule has 0 radical (unpaired) electrons. The molecule has 0 aliphatic carbocycles. The molecule has 2 aliphatic rings. The van der Waals surface area contributed by atoms with Crippen molar-refractivity contribution in [1.82, 2.24) is 4.90 Å². The summed E-state index contributed by atoms with van der Waals surface area (Å²) in [7, 11) is 0. The van der Waals surface area contributed by atoms with Gasteiger partial charge in [-0.2, -0.15) is 0 Å². The molecule has 4 rings (SSSR count). The Hall–Kier alpha value is -2.51. The van der Waals surface area contributed by atoms with E-state index in [2.05, 4.69) is 0 Å². The summed E-state index contributed by atoms with van der Waals surface area (Å²) in [5.41, 5.74) is -0.575. The molecule has 2 aromatic rings. The lowest BCUT2D eigenvalue weighted by molar-refractivity contribution is -0.742. The summed E-state index contributed by atoms with van der Waals surface area (Å²) in [5.74, 6) is -2.32. The van der Waals surface area contributed by atoms with Gasteiger partial charge in [-0.25, -0.2) is 4.79 Å². The van der Waals surface area contributed by atoms with Crippen molar-refractivity contribution in [2.75, 3.05) is 13.2 Å². The van der Waals surface area contributed by atoms with Crippen molar-refractivity contribution >= 4 is 29.1 Å². The number of thiophene rings is 1. The van der Waals surface area contributed by atoms with Crippen LogP contribution in [-0.2, 0) is 24.7 Å². The zero-order valence-electron chi connectivity index (χ0n) is 15.8. The van der Waals surface area contributed by atoms with Gasteiger partial charge in [-0.3, -0.25) is 14.5 Å². The van der Waals surface area contributed by atoms with Crippen molar-refractivity contribution in [3.63, 3.8) is 0 Å². The summed E-state index contributed by atoms with van der Waals surface area (Å²) in [6, 6.07) is 12.8. The summed E-state index contributed by atoms with van der Waals surface area (Å²) in [5, 5.41) is 3.84. The van der Waals surface area contributed by atoms with Crippen LogP contribution in [0.5, 0.6) is 0 Å². The van der Waals surface area contributed by atoms with Gasteiger partial charge in [0.2, 0.25) is 17.4 Å². The average Bonchev–Trinajstić information content (AvgIpc) is 3.40. The number of carbonyl (C=O) groups excluding carboxylic acids is 3. The highest BCUT2D eigenvalue weighted by molar-refractivity contribution is 7.10. The lowest BCUT2D eigenvalue weighted by Crippen LogP contribution is -2.96. The lowest BCUT2D eigenvalue weighted by atomic mass is 9.75. The van der Waals surface area contributed by atoms with E-state index >= 15 is 0 Å². The van der Waals surface area contributed by atoms with E-state index < -0.39 is 23.3 Å². The Morgan fingerprint density at radius 3 is 2.50 bits per heavy atom. The normalized spacial score (nSPS) is 29.2. The minimum absolute atomic E-state index is 0.200. The highest BCUT2D eigenvalue weighted by Crippen LogP contribution is 2.49. The maximum atomic E-state index is 13.3. The molecule has 6 nitrogen and oxygen atoms in total. The van der Waals surface area contributed by atoms with E-state index in [0.29, 0.717) is 12.1 Å². The van der Waals surface area contributed by atoms with Crippen LogP contribution < -0.4 is 5.32 Å². The van der Waals surface area contributed by atoms with Gasteiger partial charge in [0.1, 0.15) is 17.9 Å². The Labute approximate surface area is 167 Å². The Morgan fingerprint density at radius 1 is 1.14 bits per heavy atom. The minimum Gasteiger partial charge on any atom is -0.461 e. The largest absolute Gasteiger partial charge is 0.461 e. The molecule has 0 saturated carbocycles. The number of hydrogen-bond donors (Lipinski definition) is 1. The predicted octanol–water partition coefficient (Wildman–Crippen LogP) is 1.45. The van der Waals surface area contributed by atoms with Crippen molar-refractivity contribution in [2.24, 2.45) is 11.8 Å². The monoisotopic (exact) mass is 399 g/mol. The van der Waals surface area contributed by atoms with Gasteiger partial charge in [-0.05, 0) is 25.3 Å². The van der Waals surface area contributed by atoms with Crippen molar-refractivity contribution in [1.29, 1.82) is 0 Å². The highest BCUT2D eigenvalue weighted by atomic mass is 32.1. The molecule has 2 N–H and O–H groups in total. The second-order valence-corrected chi connectivity index (χ2v) is 8.07. The third kappa shape index (κ3) is 2.53. The maximum Gasteiger partial charge on any atom is 0.373 e. The first-order valence-corrected chi connectivity index (χ1v) is 10.4. The molecular weight excluding hydrogens is 376 g/mol. The van der Waals surface area contributed by atoms with Gasteiger partial charge in [0.15, 0.2) is 0 Å². The summed E-state index contributed by atoms with van der Waals surface area (Å²) >= 11 is 1.54. The molecule has 3 heterocycles. The molecule has 28 heavy (non-hydrogen) atoms. The van der Waals surface area contributed by atoms with Crippen LogP contribution in [0.3, 0.4) is 0 Å². The molecule has 2 aliphatic heterocycles. The Balaban J connectivity index is 1.93. The van der Waals surface area contributed by atoms with Crippen LogP contribution in [0.2, 0.25) is 0 Å². The first kappa shape index (κ1) is 18.8. The molecule has 0 spiro atoms. The Kier molecular flexibility index (Phi) is 4.81. The molecule has 2 amide bonds. The van der Waals surface area contributed by atoms with E-state index in [0.717, 1.165) is 4.88 Å². The first-order chi connectivity index (χ1) is 13.6. The van der Waals surface area contributed by atoms with Crippen LogP contribution in [0.1, 0.15) is 30.3 Å². The van der Waals surface area contributed by atoms with E-state index in [1.54, 1.807) is 13.8 Å². The van der Waals surface area contributed by atoms with Crippen LogP contribution in [0.25, 0.3) is 0 Å². The van der Waals surface area contributed by atoms with Gasteiger partial charge in [-0.15, -0.1) is 11.3 Å². The number of nitrogens with two attached hydrogens (primary N) is 1. The Bertz CT molecular complexity index is 898. The van der Waals surface area contributed by atoms with Gasteiger partial charge >= 0.3 is 5.97 Å². The zero-order valence-corrected chi connectivity index (χ0v) is 16.6. The molecule has 2 saturated heterocycles. The average molecular weight is 399 g/mol. The second-order valence-electron chi connectivity index (χ2n) is 7.09. The van der Waals surface area contributed by atoms with Crippen LogP contribution in [0.4, 0.5) is 0 Å². The van der Waals surface area contributed by atoms with E-state index in [1.807, 2.05) is 53.2 Å². The number of esters is 1. The molecule has 146 valence electrons. The van der Waals surface area contributed by atoms with Crippen LogP contribution in [0.15, 0.2) is 47.8 Å². The van der Waals surface area contributed by atoms with Gasteiger partial charge in [0, 0.05) is 12.1 Å². The number of quaternary nitrogens is 1. The predicted molar refractivity (Wildman–Crippen MR) is 103 cm³/mol. The Morgan fingerprint density at radius 2 is 1.89 bits per heavy atom. The number of amides is 2. The molecule has 7 heteroatoms. The summed E-state index contributed by atoms with van der Waals surface area (Å²) in [6.07, 6.45) is 0. The van der Waals surface area contributed by atoms with Crippen molar-refractivity contribution in [3.8, 4) is 0 Å². The fourth-order valence-electron chi connectivity index (χ4n) is 4.69. The van der Waals surface area contributed by atoms with Gasteiger partial charge in [0.25, 0.3) is 0 Å². The minimum atomic E-state index is -1.27. The van der Waals surface area contributed by atoms with Gasteiger partial charge in [0.05, 0.1) is 11.5 Å². The number of benzene rings is 1. The number of rotatable bonds is 5. The van der Waals surface area contributed by atoms with Crippen molar-refractivity contribution in [3.05, 3.63) is 58.3 Å². The zero-order chi connectivity index (χ0) is 19.9. The van der Waals surface area contributed by atoms with Gasteiger partial charge < -0.3 is 10.1 Å². The lowest BCUT2D eigenvalue weighted by Gasteiger charge is -2.29. The van der Waals surface area contributed by atoms with Gasteiger partial charge in [-0.1, -0.05) is 36.4 Å². The number of nitrogens with zero attached hydrogens (tertiary/aromatic N) is 1. The fourth-order valence-corrected chi connectivity index (χ4v) is 5.53. The number of hydrogen-bond acceptors (Lipinski definition) is 5. The van der Waals surface area contributed by atoms with E-state index in [-0.39, 0.29) is 24.5 Å². The molecule has 0 bridgehead atoms. The number of fused-ring (bicyclic) bond motifs is 1. The standard InChI is InChI=1S/C21H22N2O4S/c1-3-23-18(24)15-16(19(23)25)21(20(26)27-4-2,13-9-6-5-7-10-13)22-17(15)14-11-8-12-28-14/h5-12,15-17,22H,3-4H2,1-2H3/p+1/t15-,16-,17+,21+/m0/s1. The third-order valence-corrected chi connectivity index (χ3v) is 6.79. The summed E-state index contributed by atoms with van der Waals surface area (Å²) in [4.78, 5) is 42.1. The summed E-state index contributed by atoms with van der Waals surface area (Å²) < 4.78 is 5.46. The molecule has 1 aromatic heterocycles. The quantitative estimate of drug-likeness (QED) is 0.610. The summed E-state index contributed by atoms with van der Waals surface area (Å²) in [6.45, 7) is 4.05. The van der Waals surface area contributed by atoms with Crippen molar-refractivity contribution in [2.45, 2.75) is 25.4 Å². The van der Waals surface area contributed by atoms with E-state index in [4.69, 9.17) is 4.74 Å².